The molecule has 0 aliphatic heterocycles. The van der Waals surface area contributed by atoms with E-state index >= 15 is 4.39 Å². The number of halogens is 1. The topological polar surface area (TPSA) is 101 Å². The zero-order chi connectivity index (χ0) is 27.4. The Morgan fingerprint density at radius 1 is 1.05 bits per heavy atom. The van der Waals surface area contributed by atoms with Crippen molar-refractivity contribution in [1.82, 2.24) is 14.9 Å². The minimum absolute atomic E-state index is 0.0614. The summed E-state index contributed by atoms with van der Waals surface area (Å²) in [7, 11) is 0. The molecule has 0 spiro atoms. The number of hydrogen-bond acceptors (Lipinski definition) is 4. The maximum absolute atomic E-state index is 15.4. The summed E-state index contributed by atoms with van der Waals surface area (Å²) < 4.78 is 16.8. The number of carboxylic acids is 1. The van der Waals surface area contributed by atoms with Gasteiger partial charge in [-0.25, -0.2) is 9.37 Å². The van der Waals surface area contributed by atoms with Gasteiger partial charge in [0, 0.05) is 17.8 Å². The number of nitrogens with one attached hydrogen (secondary N) is 1. The third-order valence-electron chi connectivity index (χ3n) is 6.36. The van der Waals surface area contributed by atoms with Crippen LogP contribution in [0.1, 0.15) is 66.7 Å². The number of carboxylic acid groups (broad SMARTS) is 1. The first-order valence-corrected chi connectivity index (χ1v) is 12.3. The molecule has 0 radical (unpaired) electrons. The quantitative estimate of drug-likeness (QED) is 0.414. The third kappa shape index (κ3) is 6.50. The molecule has 3 rings (SSSR count). The number of aliphatic carboxylic acids is 1. The molecule has 0 unspecified atom stereocenters. The summed E-state index contributed by atoms with van der Waals surface area (Å²) in [5.74, 6) is -2.39. The predicted molar refractivity (Wildman–Crippen MR) is 141 cm³/mol. The number of pyridine rings is 2. The van der Waals surface area contributed by atoms with E-state index < -0.39 is 36.2 Å². The van der Waals surface area contributed by atoms with E-state index in [-0.39, 0.29) is 17.2 Å². The molecule has 0 saturated heterocycles. The minimum Gasteiger partial charge on any atom is -0.481 e. The van der Waals surface area contributed by atoms with E-state index in [2.05, 4.69) is 10.3 Å². The van der Waals surface area contributed by atoms with Gasteiger partial charge >= 0.3 is 5.97 Å². The third-order valence-corrected chi connectivity index (χ3v) is 6.36. The summed E-state index contributed by atoms with van der Waals surface area (Å²) >= 11 is 0. The molecule has 2 aromatic heterocycles. The molecule has 3 aromatic rings. The van der Waals surface area contributed by atoms with Crippen LogP contribution in [0.3, 0.4) is 0 Å². The molecule has 7 nitrogen and oxygen atoms in total. The summed E-state index contributed by atoms with van der Waals surface area (Å²) in [5, 5.41) is 12.3. The van der Waals surface area contributed by atoms with Crippen molar-refractivity contribution in [3.63, 3.8) is 0 Å². The van der Waals surface area contributed by atoms with E-state index in [1.807, 2.05) is 45.9 Å². The number of aromatic nitrogens is 2. The molecule has 2 heterocycles. The van der Waals surface area contributed by atoms with Gasteiger partial charge in [0.1, 0.15) is 11.9 Å². The average Bonchev–Trinajstić information content (AvgIpc) is 2.79. The molecule has 0 aliphatic rings. The second kappa shape index (κ2) is 11.5. The Bertz CT molecular complexity index is 1360. The highest BCUT2D eigenvalue weighted by molar-refractivity contribution is 5.81. The number of carbonyl (C=O) groups is 2. The molecule has 1 amide bonds. The smallest absolute Gasteiger partial charge is 0.305 e. The van der Waals surface area contributed by atoms with E-state index in [9.17, 15) is 19.5 Å². The van der Waals surface area contributed by atoms with Gasteiger partial charge in [0.15, 0.2) is 0 Å². The van der Waals surface area contributed by atoms with Crippen molar-refractivity contribution in [1.29, 1.82) is 0 Å². The van der Waals surface area contributed by atoms with Crippen molar-refractivity contribution >= 4 is 11.9 Å². The molecule has 0 aliphatic carbocycles. The molecule has 8 heteroatoms. The highest BCUT2D eigenvalue weighted by Crippen LogP contribution is 2.31. The second-order valence-electron chi connectivity index (χ2n) is 10.0. The van der Waals surface area contributed by atoms with Crippen LogP contribution in [0.2, 0.25) is 0 Å². The molecule has 2 atom stereocenters. The Morgan fingerprint density at radius 3 is 2.27 bits per heavy atom. The summed E-state index contributed by atoms with van der Waals surface area (Å²) in [6.45, 7) is 11.1. The summed E-state index contributed by atoms with van der Waals surface area (Å²) in [5.41, 5.74) is 3.79. The first-order valence-electron chi connectivity index (χ1n) is 12.3. The Balaban J connectivity index is 2.09. The average molecular weight is 508 g/mol. The molecule has 1 aromatic carbocycles. The molecule has 0 fully saturated rings. The SMILES string of the molecule is Cc1ccn([C@H](CC(C)C)C(=O)N[C@@H](CC(=O)O)c2nc(-c3c(C)cccc3C)cc(C)c2F)c(=O)c1. The normalized spacial score (nSPS) is 12.9. The van der Waals surface area contributed by atoms with Gasteiger partial charge in [-0.05, 0) is 74.4 Å². The summed E-state index contributed by atoms with van der Waals surface area (Å²) in [6, 6.07) is 8.44. The van der Waals surface area contributed by atoms with Crippen LogP contribution in [0.15, 0.2) is 47.4 Å². The second-order valence-corrected chi connectivity index (χ2v) is 10.0. The van der Waals surface area contributed by atoms with Crippen molar-refractivity contribution in [3.05, 3.63) is 86.7 Å². The molecular formula is C29H34FN3O4. The van der Waals surface area contributed by atoms with Crippen LogP contribution < -0.4 is 10.9 Å². The van der Waals surface area contributed by atoms with Crippen molar-refractivity contribution < 1.29 is 19.1 Å². The highest BCUT2D eigenvalue weighted by atomic mass is 19.1. The predicted octanol–water partition coefficient (Wildman–Crippen LogP) is 5.20. The standard InChI is InChI=1S/C29H34FN3O4/c1-16(2)12-23(33-11-10-17(3)13-24(33)34)29(37)32-22(15-25(35)36)28-27(30)20(6)14-21(31-28)26-18(4)8-7-9-19(26)5/h7-11,13-14,16,22-23H,12,15H2,1-6H3,(H,32,37)(H,35,36)/t22-,23+/m0/s1. The van der Waals surface area contributed by atoms with Crippen LogP contribution in [0.4, 0.5) is 4.39 Å². The number of benzene rings is 1. The van der Waals surface area contributed by atoms with Gasteiger partial charge in [-0.3, -0.25) is 14.4 Å². The van der Waals surface area contributed by atoms with Gasteiger partial charge < -0.3 is 15.0 Å². The van der Waals surface area contributed by atoms with Crippen LogP contribution in [0.5, 0.6) is 0 Å². The first kappa shape index (κ1) is 27.8. The highest BCUT2D eigenvalue weighted by Gasteiger charge is 2.30. The fourth-order valence-corrected chi connectivity index (χ4v) is 4.56. The lowest BCUT2D eigenvalue weighted by molar-refractivity contribution is -0.138. The Hall–Kier alpha value is -3.81. The molecule has 2 N–H and O–H groups in total. The van der Waals surface area contributed by atoms with Crippen LogP contribution in [0, 0.1) is 39.4 Å². The van der Waals surface area contributed by atoms with Gasteiger partial charge in [0.25, 0.3) is 5.56 Å². The molecule has 0 saturated carbocycles. The van der Waals surface area contributed by atoms with Crippen LogP contribution in [-0.2, 0) is 9.59 Å². The molecule has 37 heavy (non-hydrogen) atoms. The van der Waals surface area contributed by atoms with E-state index in [1.165, 1.54) is 10.6 Å². The van der Waals surface area contributed by atoms with Gasteiger partial charge in [-0.15, -0.1) is 0 Å². The van der Waals surface area contributed by atoms with E-state index in [4.69, 9.17) is 0 Å². The largest absolute Gasteiger partial charge is 0.481 e. The van der Waals surface area contributed by atoms with E-state index in [1.54, 1.807) is 32.2 Å². The maximum atomic E-state index is 15.4. The molecular weight excluding hydrogens is 473 g/mol. The fraction of sp³-hybridized carbons (Fsp3) is 0.379. The van der Waals surface area contributed by atoms with Crippen molar-refractivity contribution in [2.24, 2.45) is 5.92 Å². The van der Waals surface area contributed by atoms with Crippen molar-refractivity contribution in [2.45, 2.75) is 66.5 Å². The Labute approximate surface area is 216 Å². The van der Waals surface area contributed by atoms with Crippen LogP contribution in [-0.4, -0.2) is 26.5 Å². The number of aryl methyl sites for hydroxylation is 4. The zero-order valence-electron chi connectivity index (χ0n) is 22.1. The van der Waals surface area contributed by atoms with E-state index in [0.717, 1.165) is 22.3 Å². The maximum Gasteiger partial charge on any atom is 0.305 e. The van der Waals surface area contributed by atoms with Gasteiger partial charge in [0.2, 0.25) is 5.91 Å². The van der Waals surface area contributed by atoms with Crippen LogP contribution in [0.25, 0.3) is 11.3 Å². The Morgan fingerprint density at radius 2 is 1.70 bits per heavy atom. The lowest BCUT2D eigenvalue weighted by atomic mass is 9.97. The lowest BCUT2D eigenvalue weighted by Crippen LogP contribution is -2.40. The lowest BCUT2D eigenvalue weighted by Gasteiger charge is -2.25. The van der Waals surface area contributed by atoms with E-state index in [0.29, 0.717) is 17.7 Å². The van der Waals surface area contributed by atoms with Crippen molar-refractivity contribution in [2.75, 3.05) is 0 Å². The van der Waals surface area contributed by atoms with Crippen molar-refractivity contribution in [3.8, 4) is 11.3 Å². The minimum atomic E-state index is -1.23. The number of hydrogen-bond donors (Lipinski definition) is 2. The monoisotopic (exact) mass is 507 g/mol. The van der Waals surface area contributed by atoms with Gasteiger partial charge in [-0.2, -0.15) is 0 Å². The molecule has 196 valence electrons. The first-order chi connectivity index (χ1) is 17.4. The fourth-order valence-electron chi connectivity index (χ4n) is 4.56. The molecule has 0 bridgehead atoms. The number of carbonyl (C=O) groups excluding carboxylic acids is 1. The van der Waals surface area contributed by atoms with Gasteiger partial charge in [0.05, 0.1) is 23.9 Å². The van der Waals surface area contributed by atoms with Crippen LogP contribution >= 0.6 is 0 Å². The number of rotatable bonds is 9. The summed E-state index contributed by atoms with van der Waals surface area (Å²) in [4.78, 5) is 42.5. The van der Waals surface area contributed by atoms with Gasteiger partial charge in [-0.1, -0.05) is 32.0 Å². The number of nitrogens with zero attached hydrogens (tertiary/aromatic N) is 2. The summed E-state index contributed by atoms with van der Waals surface area (Å²) in [6.07, 6.45) is 1.33. The Kier molecular flexibility index (Phi) is 8.63. The zero-order valence-corrected chi connectivity index (χ0v) is 22.1. The number of amides is 1.